The molecule has 0 aliphatic rings. The van der Waals surface area contributed by atoms with Crippen molar-refractivity contribution in [1.29, 1.82) is 0 Å². The molecule has 1 aromatic rings. The van der Waals surface area contributed by atoms with Crippen molar-refractivity contribution in [3.05, 3.63) is 23.5 Å². The molecule has 0 aliphatic heterocycles. The molecule has 0 amide bonds. The Balaban J connectivity index is 3.37. The van der Waals surface area contributed by atoms with Crippen LogP contribution < -0.4 is 5.73 Å². The minimum absolute atomic E-state index is 0.168. The van der Waals surface area contributed by atoms with Gasteiger partial charge in [-0.05, 0) is 12.1 Å². The van der Waals surface area contributed by atoms with Crippen LogP contribution in [0.4, 0.5) is 23.2 Å². The zero-order valence-corrected chi connectivity index (χ0v) is 7.09. The highest BCUT2D eigenvalue weighted by Gasteiger charge is 2.35. The van der Waals surface area contributed by atoms with Crippen molar-refractivity contribution in [3.8, 4) is 0 Å². The SMILES string of the molecule is Nc1cc(S)c(F)c(C(F)(F)F)c1. The molecular formula is C7H5F4NS. The maximum Gasteiger partial charge on any atom is 0.419 e. The van der Waals surface area contributed by atoms with Crippen molar-refractivity contribution in [1.82, 2.24) is 0 Å². The molecule has 0 fully saturated rings. The van der Waals surface area contributed by atoms with Crippen LogP contribution in [0, 0.1) is 5.82 Å². The topological polar surface area (TPSA) is 26.0 Å². The zero-order valence-electron chi connectivity index (χ0n) is 6.19. The van der Waals surface area contributed by atoms with E-state index < -0.39 is 22.5 Å². The fraction of sp³-hybridized carbons (Fsp3) is 0.143. The largest absolute Gasteiger partial charge is 0.419 e. The molecule has 1 aromatic carbocycles. The number of nitrogens with two attached hydrogens (primary N) is 1. The standard InChI is InChI=1S/C7H5F4NS/c8-6-4(7(9,10)11)1-3(12)2-5(6)13/h1-2,13H,12H2. The summed E-state index contributed by atoms with van der Waals surface area (Å²) in [6.07, 6.45) is -4.74. The fourth-order valence-electron chi connectivity index (χ4n) is 0.837. The summed E-state index contributed by atoms with van der Waals surface area (Å²) in [5.41, 5.74) is 3.55. The Morgan fingerprint density at radius 1 is 1.23 bits per heavy atom. The van der Waals surface area contributed by atoms with Gasteiger partial charge in [0.25, 0.3) is 0 Å². The number of nitrogen functional groups attached to an aromatic ring is 1. The van der Waals surface area contributed by atoms with Gasteiger partial charge in [-0.1, -0.05) is 0 Å². The number of halogens is 4. The summed E-state index contributed by atoms with van der Waals surface area (Å²) in [6.45, 7) is 0. The highest BCUT2D eigenvalue weighted by molar-refractivity contribution is 7.80. The van der Waals surface area contributed by atoms with Crippen molar-refractivity contribution in [2.24, 2.45) is 0 Å². The first-order chi connectivity index (χ1) is 5.82. The molecule has 0 radical (unpaired) electrons. The van der Waals surface area contributed by atoms with Gasteiger partial charge in [0.1, 0.15) is 5.82 Å². The Morgan fingerprint density at radius 3 is 2.23 bits per heavy atom. The van der Waals surface area contributed by atoms with Crippen molar-refractivity contribution >= 4 is 18.3 Å². The minimum atomic E-state index is -4.74. The molecule has 0 spiro atoms. The summed E-state index contributed by atoms with van der Waals surface area (Å²) < 4.78 is 49.1. The molecule has 0 aliphatic carbocycles. The first kappa shape index (κ1) is 10.2. The molecule has 0 saturated carbocycles. The number of rotatable bonds is 0. The van der Waals surface area contributed by atoms with Crippen LogP contribution in [0.5, 0.6) is 0 Å². The smallest absolute Gasteiger partial charge is 0.399 e. The van der Waals surface area contributed by atoms with Crippen molar-refractivity contribution < 1.29 is 17.6 Å². The average molecular weight is 211 g/mol. The minimum Gasteiger partial charge on any atom is -0.399 e. The van der Waals surface area contributed by atoms with Gasteiger partial charge < -0.3 is 5.73 Å². The third-order valence-corrected chi connectivity index (χ3v) is 1.71. The van der Waals surface area contributed by atoms with E-state index in [2.05, 4.69) is 12.6 Å². The van der Waals surface area contributed by atoms with E-state index in [1.54, 1.807) is 0 Å². The van der Waals surface area contributed by atoms with Crippen LogP contribution >= 0.6 is 12.6 Å². The summed E-state index contributed by atoms with van der Waals surface area (Å²) in [7, 11) is 0. The van der Waals surface area contributed by atoms with E-state index in [4.69, 9.17) is 5.73 Å². The Morgan fingerprint density at radius 2 is 1.77 bits per heavy atom. The molecule has 1 rings (SSSR count). The molecule has 0 saturated heterocycles. The van der Waals surface area contributed by atoms with E-state index in [0.29, 0.717) is 6.07 Å². The third-order valence-electron chi connectivity index (χ3n) is 1.38. The molecule has 1 nitrogen and oxygen atoms in total. The predicted molar refractivity (Wildman–Crippen MR) is 43.1 cm³/mol. The molecule has 6 heteroatoms. The Kier molecular flexibility index (Phi) is 2.42. The summed E-state index contributed by atoms with van der Waals surface area (Å²) >= 11 is 3.51. The number of hydrogen-bond acceptors (Lipinski definition) is 2. The first-order valence-electron chi connectivity index (χ1n) is 3.17. The average Bonchev–Trinajstić information content (AvgIpc) is 1.94. The number of hydrogen-bond donors (Lipinski definition) is 2. The predicted octanol–water partition coefficient (Wildman–Crippen LogP) is 2.72. The molecular weight excluding hydrogens is 206 g/mol. The number of anilines is 1. The quantitative estimate of drug-likeness (QED) is 0.385. The third kappa shape index (κ3) is 2.06. The number of thiol groups is 1. The Bertz CT molecular complexity index is 334. The van der Waals surface area contributed by atoms with Crippen LogP contribution in [-0.4, -0.2) is 0 Å². The van der Waals surface area contributed by atoms with E-state index >= 15 is 0 Å². The molecule has 2 N–H and O–H groups in total. The van der Waals surface area contributed by atoms with Gasteiger partial charge in [-0.2, -0.15) is 13.2 Å². The molecule has 0 atom stereocenters. The molecule has 0 heterocycles. The van der Waals surface area contributed by atoms with Gasteiger partial charge in [-0.25, -0.2) is 4.39 Å². The van der Waals surface area contributed by atoms with Gasteiger partial charge in [0.05, 0.1) is 5.56 Å². The van der Waals surface area contributed by atoms with Crippen LogP contribution in [0.3, 0.4) is 0 Å². The molecule has 0 bridgehead atoms. The maximum absolute atomic E-state index is 12.8. The van der Waals surface area contributed by atoms with Gasteiger partial charge in [0, 0.05) is 10.6 Å². The number of benzene rings is 1. The molecule has 13 heavy (non-hydrogen) atoms. The lowest BCUT2D eigenvalue weighted by Gasteiger charge is -2.09. The molecule has 72 valence electrons. The molecule has 0 unspecified atom stereocenters. The van der Waals surface area contributed by atoms with E-state index in [9.17, 15) is 17.6 Å². The normalized spacial score (nSPS) is 11.8. The lowest BCUT2D eigenvalue weighted by Crippen LogP contribution is -2.09. The van der Waals surface area contributed by atoms with Gasteiger partial charge in [0.2, 0.25) is 0 Å². The van der Waals surface area contributed by atoms with E-state index in [1.807, 2.05) is 0 Å². The van der Waals surface area contributed by atoms with Crippen molar-refractivity contribution in [3.63, 3.8) is 0 Å². The van der Waals surface area contributed by atoms with E-state index in [-0.39, 0.29) is 5.69 Å². The fourth-order valence-corrected chi connectivity index (χ4v) is 1.11. The highest BCUT2D eigenvalue weighted by atomic mass is 32.1. The molecule has 0 aromatic heterocycles. The first-order valence-corrected chi connectivity index (χ1v) is 3.62. The van der Waals surface area contributed by atoms with Gasteiger partial charge in [0.15, 0.2) is 0 Å². The maximum atomic E-state index is 12.8. The van der Waals surface area contributed by atoms with Gasteiger partial charge >= 0.3 is 6.18 Å². The van der Waals surface area contributed by atoms with E-state index in [1.165, 1.54) is 0 Å². The Hall–Kier alpha value is -0.910. The second-order valence-corrected chi connectivity index (χ2v) is 2.88. The zero-order chi connectivity index (χ0) is 10.2. The van der Waals surface area contributed by atoms with Gasteiger partial charge in [-0.3, -0.25) is 0 Å². The lowest BCUT2D eigenvalue weighted by molar-refractivity contribution is -0.140. The van der Waals surface area contributed by atoms with Crippen LogP contribution in [0.2, 0.25) is 0 Å². The highest BCUT2D eigenvalue weighted by Crippen LogP contribution is 2.34. The van der Waals surface area contributed by atoms with Crippen LogP contribution in [0.25, 0.3) is 0 Å². The van der Waals surface area contributed by atoms with Crippen molar-refractivity contribution in [2.45, 2.75) is 11.1 Å². The van der Waals surface area contributed by atoms with Gasteiger partial charge in [-0.15, -0.1) is 12.6 Å². The second-order valence-electron chi connectivity index (χ2n) is 2.40. The van der Waals surface area contributed by atoms with Crippen molar-refractivity contribution in [2.75, 3.05) is 5.73 Å². The summed E-state index contributed by atoms with van der Waals surface area (Å²) in [4.78, 5) is -0.410. The summed E-state index contributed by atoms with van der Waals surface area (Å²) in [5, 5.41) is 0. The monoisotopic (exact) mass is 211 g/mol. The summed E-state index contributed by atoms with van der Waals surface area (Å²) in [5.74, 6) is -1.40. The Labute approximate surface area is 77.0 Å². The van der Waals surface area contributed by atoms with Crippen LogP contribution in [0.15, 0.2) is 17.0 Å². The van der Waals surface area contributed by atoms with E-state index in [0.717, 1.165) is 6.07 Å². The summed E-state index contributed by atoms with van der Waals surface area (Å²) in [6, 6.07) is 1.56. The van der Waals surface area contributed by atoms with Crippen LogP contribution in [-0.2, 0) is 6.18 Å². The lowest BCUT2D eigenvalue weighted by atomic mass is 10.2. The van der Waals surface area contributed by atoms with Crippen LogP contribution in [0.1, 0.15) is 5.56 Å². The second kappa shape index (κ2) is 3.10. The number of alkyl halides is 3.